The van der Waals surface area contributed by atoms with E-state index in [1.54, 1.807) is 25.1 Å². The molecular weight excluding hydrogens is 254 g/mol. The van der Waals surface area contributed by atoms with E-state index in [0.29, 0.717) is 23.7 Å². The largest absolute Gasteiger partial charge is 0.496 e. The first-order valence-electron chi connectivity index (χ1n) is 6.99. The van der Waals surface area contributed by atoms with Crippen LogP contribution < -0.4 is 10.1 Å². The molecule has 4 nitrogen and oxygen atoms in total. The third kappa shape index (κ3) is 5.21. The third-order valence-corrected chi connectivity index (χ3v) is 3.24. The molecule has 0 aliphatic carbocycles. The maximum Gasteiger partial charge on any atom is 0.255 e. The van der Waals surface area contributed by atoms with Crippen LogP contribution in [-0.2, 0) is 0 Å². The van der Waals surface area contributed by atoms with Gasteiger partial charge in [0, 0.05) is 6.54 Å². The molecule has 1 rings (SSSR count). The van der Waals surface area contributed by atoms with E-state index in [9.17, 15) is 9.90 Å². The third-order valence-electron chi connectivity index (χ3n) is 3.24. The maximum atomic E-state index is 12.1. The Morgan fingerprint density at radius 2 is 2.05 bits per heavy atom. The number of nitrogens with one attached hydrogen (secondary N) is 1. The van der Waals surface area contributed by atoms with E-state index >= 15 is 0 Å². The molecule has 0 radical (unpaired) electrons. The molecule has 112 valence electrons. The molecule has 0 fully saturated rings. The van der Waals surface area contributed by atoms with Gasteiger partial charge in [-0.2, -0.15) is 0 Å². The Balaban J connectivity index is 2.58. The van der Waals surface area contributed by atoms with Gasteiger partial charge in [-0.15, -0.1) is 0 Å². The highest BCUT2D eigenvalue weighted by atomic mass is 16.5. The van der Waals surface area contributed by atoms with Gasteiger partial charge in [0.15, 0.2) is 0 Å². The summed E-state index contributed by atoms with van der Waals surface area (Å²) in [5, 5.41) is 13.0. The predicted molar refractivity (Wildman–Crippen MR) is 80.0 cm³/mol. The van der Waals surface area contributed by atoms with E-state index in [0.717, 1.165) is 6.42 Å². The van der Waals surface area contributed by atoms with Gasteiger partial charge in [-0.05, 0) is 37.8 Å². The molecule has 1 unspecified atom stereocenters. The summed E-state index contributed by atoms with van der Waals surface area (Å²) in [4.78, 5) is 12.1. The van der Waals surface area contributed by atoms with Gasteiger partial charge in [0.25, 0.3) is 5.91 Å². The Morgan fingerprint density at radius 1 is 1.40 bits per heavy atom. The summed E-state index contributed by atoms with van der Waals surface area (Å²) in [6.07, 6.45) is 1.59. The monoisotopic (exact) mass is 279 g/mol. The van der Waals surface area contributed by atoms with Gasteiger partial charge in [-0.25, -0.2) is 0 Å². The summed E-state index contributed by atoms with van der Waals surface area (Å²) in [6.45, 7) is 6.21. The number of aliphatic hydroxyl groups is 1. The van der Waals surface area contributed by atoms with Crippen molar-refractivity contribution >= 4 is 5.91 Å². The zero-order chi connectivity index (χ0) is 15.2. The molecule has 0 aliphatic heterocycles. The van der Waals surface area contributed by atoms with Crippen LogP contribution in [0.2, 0.25) is 0 Å². The van der Waals surface area contributed by atoms with Crippen LogP contribution in [0.1, 0.15) is 44.0 Å². The fraction of sp³-hybridized carbons (Fsp3) is 0.562. The molecular formula is C16H25NO3. The van der Waals surface area contributed by atoms with Crippen LogP contribution in [-0.4, -0.2) is 30.3 Å². The fourth-order valence-corrected chi connectivity index (χ4v) is 1.89. The SMILES string of the molecule is COc1ccccc1C(=O)NCC(C)(O)CCC(C)C. The van der Waals surface area contributed by atoms with Crippen molar-refractivity contribution in [2.75, 3.05) is 13.7 Å². The number of amides is 1. The first-order valence-corrected chi connectivity index (χ1v) is 6.99. The molecule has 1 atom stereocenters. The van der Waals surface area contributed by atoms with Crippen molar-refractivity contribution < 1.29 is 14.6 Å². The van der Waals surface area contributed by atoms with Crippen LogP contribution in [0.15, 0.2) is 24.3 Å². The summed E-state index contributed by atoms with van der Waals surface area (Å²) < 4.78 is 5.15. The number of hydrogen-bond donors (Lipinski definition) is 2. The lowest BCUT2D eigenvalue weighted by Gasteiger charge is -2.24. The number of rotatable bonds is 7. The Bertz CT molecular complexity index is 441. The van der Waals surface area contributed by atoms with E-state index in [1.807, 2.05) is 6.07 Å². The van der Waals surface area contributed by atoms with Gasteiger partial charge in [-0.3, -0.25) is 4.79 Å². The van der Waals surface area contributed by atoms with Crippen LogP contribution in [0.3, 0.4) is 0 Å². The number of hydrogen-bond acceptors (Lipinski definition) is 3. The lowest BCUT2D eigenvalue weighted by atomic mass is 9.95. The molecule has 0 bridgehead atoms. The highest BCUT2D eigenvalue weighted by Crippen LogP contribution is 2.18. The summed E-state index contributed by atoms with van der Waals surface area (Å²) in [6, 6.07) is 7.05. The molecule has 0 heterocycles. The molecule has 0 spiro atoms. The molecule has 4 heteroatoms. The first-order chi connectivity index (χ1) is 9.35. The normalized spacial score (nSPS) is 13.9. The molecule has 0 aromatic heterocycles. The van der Waals surface area contributed by atoms with Gasteiger partial charge in [0.2, 0.25) is 0 Å². The minimum absolute atomic E-state index is 0.229. The van der Waals surface area contributed by atoms with Gasteiger partial charge < -0.3 is 15.2 Å². The second kappa shape index (κ2) is 7.29. The number of carbonyl (C=O) groups excluding carboxylic acids is 1. The van der Waals surface area contributed by atoms with Gasteiger partial charge >= 0.3 is 0 Å². The Kier molecular flexibility index (Phi) is 6.02. The highest BCUT2D eigenvalue weighted by molar-refractivity contribution is 5.96. The second-order valence-electron chi connectivity index (χ2n) is 5.81. The van der Waals surface area contributed by atoms with Gasteiger partial charge in [-0.1, -0.05) is 26.0 Å². The number of ether oxygens (including phenoxy) is 1. The molecule has 1 amide bonds. The van der Waals surface area contributed by atoms with Crippen LogP contribution in [0, 0.1) is 5.92 Å². The summed E-state index contributed by atoms with van der Waals surface area (Å²) in [5.41, 5.74) is -0.406. The van der Waals surface area contributed by atoms with Crippen molar-refractivity contribution in [1.82, 2.24) is 5.32 Å². The molecule has 20 heavy (non-hydrogen) atoms. The van der Waals surface area contributed by atoms with E-state index in [-0.39, 0.29) is 12.5 Å². The topological polar surface area (TPSA) is 58.6 Å². The van der Waals surface area contributed by atoms with Crippen LogP contribution in [0.5, 0.6) is 5.75 Å². The van der Waals surface area contributed by atoms with Gasteiger partial charge in [0.05, 0.1) is 18.3 Å². The maximum absolute atomic E-state index is 12.1. The average Bonchev–Trinajstić information content (AvgIpc) is 2.43. The number of carbonyl (C=O) groups is 1. The van der Waals surface area contributed by atoms with E-state index in [1.165, 1.54) is 7.11 Å². The van der Waals surface area contributed by atoms with E-state index in [2.05, 4.69) is 19.2 Å². The minimum Gasteiger partial charge on any atom is -0.496 e. The Morgan fingerprint density at radius 3 is 2.65 bits per heavy atom. The van der Waals surface area contributed by atoms with Crippen molar-refractivity contribution in [2.45, 2.75) is 39.2 Å². The fourth-order valence-electron chi connectivity index (χ4n) is 1.89. The summed E-state index contributed by atoms with van der Waals surface area (Å²) in [5.74, 6) is 0.838. The number of para-hydroxylation sites is 1. The smallest absolute Gasteiger partial charge is 0.255 e. The second-order valence-corrected chi connectivity index (χ2v) is 5.81. The lowest BCUT2D eigenvalue weighted by molar-refractivity contribution is 0.0428. The standard InChI is InChI=1S/C16H25NO3/c1-12(2)9-10-16(3,19)11-17-15(18)13-7-5-6-8-14(13)20-4/h5-8,12,19H,9-11H2,1-4H3,(H,17,18). The summed E-state index contributed by atoms with van der Waals surface area (Å²) in [7, 11) is 1.53. The number of methoxy groups -OCH3 is 1. The highest BCUT2D eigenvalue weighted by Gasteiger charge is 2.22. The van der Waals surface area contributed by atoms with Crippen LogP contribution in [0.25, 0.3) is 0 Å². The number of benzene rings is 1. The zero-order valence-electron chi connectivity index (χ0n) is 12.8. The minimum atomic E-state index is -0.887. The molecule has 0 saturated heterocycles. The van der Waals surface area contributed by atoms with Crippen LogP contribution >= 0.6 is 0 Å². The van der Waals surface area contributed by atoms with E-state index in [4.69, 9.17) is 4.74 Å². The zero-order valence-corrected chi connectivity index (χ0v) is 12.8. The lowest BCUT2D eigenvalue weighted by Crippen LogP contribution is -2.40. The molecule has 2 N–H and O–H groups in total. The van der Waals surface area contributed by atoms with Crippen molar-refractivity contribution in [3.8, 4) is 5.75 Å². The van der Waals surface area contributed by atoms with Gasteiger partial charge in [0.1, 0.15) is 5.75 Å². The van der Waals surface area contributed by atoms with Crippen molar-refractivity contribution in [3.63, 3.8) is 0 Å². The quantitative estimate of drug-likeness (QED) is 0.806. The first kappa shape index (κ1) is 16.5. The Labute approximate surface area is 121 Å². The molecule has 0 saturated carbocycles. The predicted octanol–water partition coefficient (Wildman–Crippen LogP) is 2.61. The molecule has 0 aliphatic rings. The van der Waals surface area contributed by atoms with Crippen molar-refractivity contribution in [3.05, 3.63) is 29.8 Å². The van der Waals surface area contributed by atoms with Crippen LogP contribution in [0.4, 0.5) is 0 Å². The van der Waals surface area contributed by atoms with E-state index < -0.39 is 5.60 Å². The molecule has 1 aromatic carbocycles. The Hall–Kier alpha value is -1.55. The van der Waals surface area contributed by atoms with Crippen molar-refractivity contribution in [1.29, 1.82) is 0 Å². The summed E-state index contributed by atoms with van der Waals surface area (Å²) >= 11 is 0. The average molecular weight is 279 g/mol. The molecule has 1 aromatic rings. The van der Waals surface area contributed by atoms with Crippen molar-refractivity contribution in [2.24, 2.45) is 5.92 Å².